The van der Waals surface area contributed by atoms with Crippen molar-refractivity contribution < 1.29 is 9.84 Å². The topological polar surface area (TPSA) is 91.3 Å². The molecule has 3 rings (SSSR count). The van der Waals surface area contributed by atoms with Gasteiger partial charge in [0.25, 0.3) is 11.6 Å². The van der Waals surface area contributed by atoms with E-state index in [-0.39, 0.29) is 13.2 Å². The van der Waals surface area contributed by atoms with Gasteiger partial charge in [0.2, 0.25) is 0 Å². The van der Waals surface area contributed by atoms with Gasteiger partial charge in [-0.25, -0.2) is 4.79 Å². The van der Waals surface area contributed by atoms with E-state index in [4.69, 9.17) is 9.84 Å². The first-order valence-electron chi connectivity index (χ1n) is 9.82. The summed E-state index contributed by atoms with van der Waals surface area (Å²) in [4.78, 5) is 30.3. The lowest BCUT2D eigenvalue weighted by Gasteiger charge is -2.12. The maximum Gasteiger partial charge on any atom is 0.332 e. The molecule has 1 aromatic carbocycles. The molecule has 0 aliphatic carbocycles. The van der Waals surface area contributed by atoms with Crippen molar-refractivity contribution in [3.63, 3.8) is 0 Å². The van der Waals surface area contributed by atoms with Crippen molar-refractivity contribution in [1.29, 1.82) is 0 Å². The van der Waals surface area contributed by atoms with Crippen LogP contribution in [-0.2, 0) is 20.1 Å². The molecule has 0 fully saturated rings. The van der Waals surface area contributed by atoms with Crippen LogP contribution in [0, 0.1) is 6.92 Å². The first-order valence-corrected chi connectivity index (χ1v) is 9.82. The minimum absolute atomic E-state index is 0.102. The molecule has 0 radical (unpaired) electrons. The normalized spacial score (nSPS) is 11.3. The molecule has 3 aromatic rings. The highest BCUT2D eigenvalue weighted by Gasteiger charge is 2.21. The van der Waals surface area contributed by atoms with Gasteiger partial charge in [0.1, 0.15) is 0 Å². The van der Waals surface area contributed by atoms with Gasteiger partial charge in [-0.05, 0) is 12.8 Å². The zero-order chi connectivity index (χ0) is 21.0. The largest absolute Gasteiger partial charge is 0.465 e. The van der Waals surface area contributed by atoms with Gasteiger partial charge >= 0.3 is 5.69 Å². The molecule has 0 aliphatic heterocycles. The van der Waals surface area contributed by atoms with Crippen LogP contribution in [0.3, 0.4) is 0 Å². The van der Waals surface area contributed by atoms with Crippen molar-refractivity contribution in [3.8, 4) is 6.01 Å². The van der Waals surface area contributed by atoms with Crippen LogP contribution in [0.25, 0.3) is 11.2 Å². The second-order valence-corrected chi connectivity index (χ2v) is 7.05. The Morgan fingerprint density at radius 2 is 1.86 bits per heavy atom. The number of aliphatic hydroxyl groups is 1. The number of aromatic nitrogens is 4. The Kier molecular flexibility index (Phi) is 6.43. The number of hydrogen-bond donors (Lipinski definition) is 1. The van der Waals surface area contributed by atoms with E-state index < -0.39 is 11.2 Å². The molecule has 156 valence electrons. The average Bonchev–Trinajstić information content (AvgIpc) is 3.07. The highest BCUT2D eigenvalue weighted by atomic mass is 16.5. The zero-order valence-electron chi connectivity index (χ0n) is 16.9. The van der Waals surface area contributed by atoms with Crippen LogP contribution < -0.4 is 16.0 Å². The number of ether oxygens (including phenoxy) is 1. The zero-order valence-corrected chi connectivity index (χ0v) is 16.9. The molecule has 0 atom stereocenters. The molecule has 2 aromatic heterocycles. The van der Waals surface area contributed by atoms with Gasteiger partial charge in [-0.3, -0.25) is 18.5 Å². The molecule has 29 heavy (non-hydrogen) atoms. The van der Waals surface area contributed by atoms with Crippen LogP contribution in [-0.4, -0.2) is 37.0 Å². The third kappa shape index (κ3) is 4.22. The van der Waals surface area contributed by atoms with Gasteiger partial charge in [0.15, 0.2) is 11.2 Å². The predicted molar refractivity (Wildman–Crippen MR) is 111 cm³/mol. The Hall–Kier alpha value is -3.00. The summed E-state index contributed by atoms with van der Waals surface area (Å²) in [5.41, 5.74) is 1.59. The standard InChI is InChI=1S/C21H27N4O4/c1-4-5-13-29-20-22-18-17(25(20)14-16-9-7-15(2)8-10-16)19(27)24(11-6-12-26)21(28)23(18)3/h7-10,26H,2,4-6,11-14H2,1,3H3/q-1. The number of aryl methyl sites for hydroxylation is 1. The smallest absolute Gasteiger partial charge is 0.332 e. The molecule has 8 nitrogen and oxygen atoms in total. The van der Waals surface area contributed by atoms with Gasteiger partial charge in [-0.2, -0.15) is 29.6 Å². The monoisotopic (exact) mass is 399 g/mol. The summed E-state index contributed by atoms with van der Waals surface area (Å²) in [6.45, 7) is 6.86. The number of nitrogens with zero attached hydrogens (tertiary/aromatic N) is 4. The highest BCUT2D eigenvalue weighted by molar-refractivity contribution is 5.72. The van der Waals surface area contributed by atoms with E-state index in [0.717, 1.165) is 28.5 Å². The number of benzene rings is 1. The lowest BCUT2D eigenvalue weighted by Crippen LogP contribution is -2.39. The second-order valence-electron chi connectivity index (χ2n) is 7.05. The molecule has 8 heteroatoms. The van der Waals surface area contributed by atoms with Gasteiger partial charge in [0, 0.05) is 20.2 Å². The lowest BCUT2D eigenvalue weighted by molar-refractivity contribution is 0.275. The van der Waals surface area contributed by atoms with Crippen molar-refractivity contribution in [2.24, 2.45) is 7.05 Å². The van der Waals surface area contributed by atoms with Gasteiger partial charge in [0.05, 0.1) is 13.2 Å². The molecule has 0 saturated heterocycles. The van der Waals surface area contributed by atoms with Crippen molar-refractivity contribution in [1.82, 2.24) is 18.7 Å². The summed E-state index contributed by atoms with van der Waals surface area (Å²) in [6.07, 6.45) is 2.15. The first kappa shape index (κ1) is 20.7. The van der Waals surface area contributed by atoms with Gasteiger partial charge in [-0.15, -0.1) is 12.1 Å². The summed E-state index contributed by atoms with van der Waals surface area (Å²) in [5, 5.41) is 9.12. The first-order chi connectivity index (χ1) is 14.0. The summed E-state index contributed by atoms with van der Waals surface area (Å²) in [7, 11) is 1.59. The quantitative estimate of drug-likeness (QED) is 0.437. The van der Waals surface area contributed by atoms with Crippen molar-refractivity contribution in [2.75, 3.05) is 13.2 Å². The second kappa shape index (κ2) is 9.00. The van der Waals surface area contributed by atoms with E-state index in [1.807, 2.05) is 24.3 Å². The number of hydrogen-bond acceptors (Lipinski definition) is 5. The fraction of sp³-hybridized carbons (Fsp3) is 0.429. The molecule has 1 N–H and O–H groups in total. The van der Waals surface area contributed by atoms with E-state index in [2.05, 4.69) is 18.8 Å². The van der Waals surface area contributed by atoms with Crippen LogP contribution in [0.1, 0.15) is 37.3 Å². The molecule has 0 saturated carbocycles. The summed E-state index contributed by atoms with van der Waals surface area (Å²) < 4.78 is 10.1. The maximum atomic E-state index is 13.2. The fourth-order valence-electron chi connectivity index (χ4n) is 3.17. The van der Waals surface area contributed by atoms with E-state index in [0.29, 0.717) is 36.7 Å². The highest BCUT2D eigenvalue weighted by Crippen LogP contribution is 2.20. The summed E-state index contributed by atoms with van der Waals surface area (Å²) in [5.74, 6) is 0. The predicted octanol–water partition coefficient (Wildman–Crippen LogP) is 1.69. The van der Waals surface area contributed by atoms with Gasteiger partial charge in [-0.1, -0.05) is 18.9 Å². The number of rotatable bonds is 9. The number of aliphatic hydroxyl groups excluding tert-OH is 1. The average molecular weight is 399 g/mol. The molecule has 0 bridgehead atoms. The third-order valence-corrected chi connectivity index (χ3v) is 4.83. The SMILES string of the molecule is [CH2-]c1ccc(Cn2c(OCCCC)nc3c2c(=O)n(CCCO)c(=O)n3C)cc1. The Morgan fingerprint density at radius 1 is 1.14 bits per heavy atom. The van der Waals surface area contributed by atoms with Crippen LogP contribution in [0.15, 0.2) is 33.9 Å². The van der Waals surface area contributed by atoms with E-state index in [1.165, 1.54) is 4.57 Å². The Morgan fingerprint density at radius 3 is 2.52 bits per heavy atom. The number of imidazole rings is 1. The molecule has 0 unspecified atom stereocenters. The number of unbranched alkanes of at least 4 members (excludes halogenated alkanes) is 1. The third-order valence-electron chi connectivity index (χ3n) is 4.83. The Labute approximate surface area is 169 Å². The van der Waals surface area contributed by atoms with Crippen molar-refractivity contribution in [3.05, 3.63) is 63.2 Å². The minimum Gasteiger partial charge on any atom is -0.465 e. The molecular formula is C21H27N4O4-. The minimum atomic E-state index is -0.456. The van der Waals surface area contributed by atoms with E-state index >= 15 is 0 Å². The molecule has 0 amide bonds. The van der Waals surface area contributed by atoms with Crippen LogP contribution in [0.4, 0.5) is 0 Å². The van der Waals surface area contributed by atoms with Gasteiger partial charge < -0.3 is 9.84 Å². The van der Waals surface area contributed by atoms with E-state index in [1.54, 1.807) is 11.6 Å². The maximum absolute atomic E-state index is 13.2. The van der Waals surface area contributed by atoms with Crippen molar-refractivity contribution in [2.45, 2.75) is 39.3 Å². The molecular weight excluding hydrogens is 372 g/mol. The lowest BCUT2D eigenvalue weighted by atomic mass is 10.1. The Bertz CT molecular complexity index is 1090. The Balaban J connectivity index is 2.18. The van der Waals surface area contributed by atoms with E-state index in [9.17, 15) is 9.59 Å². The summed E-state index contributed by atoms with van der Waals surface area (Å²) >= 11 is 0. The van der Waals surface area contributed by atoms with Crippen LogP contribution >= 0.6 is 0 Å². The van der Waals surface area contributed by atoms with Crippen LogP contribution in [0.5, 0.6) is 6.01 Å². The summed E-state index contributed by atoms with van der Waals surface area (Å²) in [6, 6.07) is 8.01. The van der Waals surface area contributed by atoms with Crippen molar-refractivity contribution >= 4 is 11.2 Å². The fourth-order valence-corrected chi connectivity index (χ4v) is 3.17. The molecule has 0 aliphatic rings. The molecule has 2 heterocycles. The van der Waals surface area contributed by atoms with Crippen LogP contribution in [0.2, 0.25) is 0 Å². The number of fused-ring (bicyclic) bond motifs is 1. The molecule has 0 spiro atoms.